The average molecular weight is 319 g/mol. The topological polar surface area (TPSA) is 47.3 Å². The van der Waals surface area contributed by atoms with Gasteiger partial charge in [-0.1, -0.05) is 42.5 Å². The Kier molecular flexibility index (Phi) is 3.57. The summed E-state index contributed by atoms with van der Waals surface area (Å²) in [4.78, 5) is 0. The van der Waals surface area contributed by atoms with Gasteiger partial charge in [0.2, 0.25) is 0 Å². The lowest BCUT2D eigenvalue weighted by Gasteiger charge is -1.97. The summed E-state index contributed by atoms with van der Waals surface area (Å²) in [6.45, 7) is 0. The highest BCUT2D eigenvalue weighted by Crippen LogP contribution is 2.27. The van der Waals surface area contributed by atoms with E-state index in [0.717, 1.165) is 33.3 Å². The minimum absolute atomic E-state index is 0.749. The number of benzene rings is 2. The van der Waals surface area contributed by atoms with Crippen molar-refractivity contribution in [2.45, 2.75) is 0 Å². The average Bonchev–Trinajstić information content (AvgIpc) is 2.89. The summed E-state index contributed by atoms with van der Waals surface area (Å²) in [7, 11) is 1.50. The van der Waals surface area contributed by atoms with Gasteiger partial charge in [0, 0.05) is 27.0 Å². The molecular formula is C16H11ClO3S. The minimum atomic E-state index is -3.63. The summed E-state index contributed by atoms with van der Waals surface area (Å²) in [5, 5.41) is 2.01. The Morgan fingerprint density at radius 3 is 2.38 bits per heavy atom. The molecule has 0 N–H and O–H groups in total. The first-order valence-corrected chi connectivity index (χ1v) is 8.60. The van der Waals surface area contributed by atoms with Gasteiger partial charge in [0.1, 0.15) is 11.3 Å². The number of para-hydroxylation sites is 1. The van der Waals surface area contributed by atoms with Crippen LogP contribution < -0.4 is 0 Å². The number of fused-ring (bicyclic) bond motifs is 1. The molecule has 0 fully saturated rings. The number of furan rings is 1. The van der Waals surface area contributed by atoms with Gasteiger partial charge in [-0.05, 0) is 23.8 Å². The molecule has 0 unspecified atom stereocenters. The van der Waals surface area contributed by atoms with Crippen molar-refractivity contribution < 1.29 is 12.8 Å². The molecule has 3 rings (SSSR count). The molecule has 0 aliphatic rings. The summed E-state index contributed by atoms with van der Waals surface area (Å²) >= 11 is 0. The maximum atomic E-state index is 10.9. The first-order chi connectivity index (χ1) is 10.0. The lowest BCUT2D eigenvalue weighted by atomic mass is 10.1. The standard InChI is InChI=1S/C16H11ClO3S/c17-21(18,19)10-9-12-5-7-13(8-6-12)16-11-14-3-1-2-4-15(14)20-16/h1-11H/b10-9+. The van der Waals surface area contributed by atoms with E-state index in [-0.39, 0.29) is 0 Å². The number of halogens is 1. The van der Waals surface area contributed by atoms with Crippen LogP contribution in [0.15, 0.2) is 64.4 Å². The molecule has 1 heterocycles. The van der Waals surface area contributed by atoms with E-state index < -0.39 is 9.05 Å². The molecule has 0 saturated heterocycles. The maximum Gasteiger partial charge on any atom is 0.254 e. The van der Waals surface area contributed by atoms with Gasteiger partial charge >= 0.3 is 0 Å². The van der Waals surface area contributed by atoms with E-state index in [4.69, 9.17) is 15.1 Å². The van der Waals surface area contributed by atoms with Crippen molar-refractivity contribution in [2.24, 2.45) is 0 Å². The normalized spacial score (nSPS) is 12.2. The predicted octanol–water partition coefficient (Wildman–Crippen LogP) is 4.64. The third-order valence-electron chi connectivity index (χ3n) is 3.04. The molecule has 5 heteroatoms. The van der Waals surface area contributed by atoms with Gasteiger partial charge in [-0.3, -0.25) is 0 Å². The molecule has 2 aromatic carbocycles. The molecule has 0 aliphatic heterocycles. The summed E-state index contributed by atoms with van der Waals surface area (Å²) in [6.07, 6.45) is 1.45. The zero-order valence-electron chi connectivity index (χ0n) is 10.9. The van der Waals surface area contributed by atoms with E-state index in [9.17, 15) is 8.42 Å². The Hall–Kier alpha value is -2.04. The zero-order valence-corrected chi connectivity index (χ0v) is 12.4. The Morgan fingerprint density at radius 2 is 1.71 bits per heavy atom. The molecule has 3 aromatic rings. The van der Waals surface area contributed by atoms with Crippen molar-refractivity contribution in [2.75, 3.05) is 0 Å². The zero-order chi connectivity index (χ0) is 14.9. The van der Waals surface area contributed by atoms with Crippen molar-refractivity contribution in [3.63, 3.8) is 0 Å². The van der Waals surface area contributed by atoms with Gasteiger partial charge in [-0.15, -0.1) is 0 Å². The molecule has 0 saturated carbocycles. The van der Waals surface area contributed by atoms with Crippen molar-refractivity contribution in [3.05, 3.63) is 65.6 Å². The molecule has 0 aliphatic carbocycles. The molecule has 21 heavy (non-hydrogen) atoms. The monoisotopic (exact) mass is 318 g/mol. The van der Waals surface area contributed by atoms with E-state index in [1.54, 1.807) is 12.1 Å². The van der Waals surface area contributed by atoms with Crippen LogP contribution in [-0.4, -0.2) is 8.42 Å². The van der Waals surface area contributed by atoms with Crippen LogP contribution in [0.5, 0.6) is 0 Å². The second-order valence-electron chi connectivity index (χ2n) is 4.55. The van der Waals surface area contributed by atoms with Gasteiger partial charge < -0.3 is 4.42 Å². The molecule has 0 spiro atoms. The fourth-order valence-electron chi connectivity index (χ4n) is 2.04. The van der Waals surface area contributed by atoms with Crippen LogP contribution >= 0.6 is 10.7 Å². The van der Waals surface area contributed by atoms with Crippen molar-refractivity contribution in [1.29, 1.82) is 0 Å². The number of rotatable bonds is 3. The molecule has 0 radical (unpaired) electrons. The fraction of sp³-hybridized carbons (Fsp3) is 0. The van der Waals surface area contributed by atoms with Gasteiger partial charge in [0.15, 0.2) is 0 Å². The molecule has 0 amide bonds. The lowest BCUT2D eigenvalue weighted by molar-refractivity contribution is 0.617. The predicted molar refractivity (Wildman–Crippen MR) is 85.5 cm³/mol. The van der Waals surface area contributed by atoms with E-state index in [0.29, 0.717) is 0 Å². The minimum Gasteiger partial charge on any atom is -0.456 e. The van der Waals surface area contributed by atoms with Gasteiger partial charge in [0.05, 0.1) is 0 Å². The first-order valence-electron chi connectivity index (χ1n) is 6.23. The Labute approximate surface area is 126 Å². The highest BCUT2D eigenvalue weighted by molar-refractivity contribution is 8.16. The van der Waals surface area contributed by atoms with Crippen LogP contribution in [0.2, 0.25) is 0 Å². The smallest absolute Gasteiger partial charge is 0.254 e. The number of hydrogen-bond acceptors (Lipinski definition) is 3. The van der Waals surface area contributed by atoms with Gasteiger partial charge in [-0.2, -0.15) is 0 Å². The summed E-state index contributed by atoms with van der Waals surface area (Å²) in [5.41, 5.74) is 2.51. The van der Waals surface area contributed by atoms with Crippen molar-refractivity contribution in [1.82, 2.24) is 0 Å². The SMILES string of the molecule is O=S(=O)(Cl)/C=C/c1ccc(-c2cc3ccccc3o2)cc1. The molecule has 0 bridgehead atoms. The van der Waals surface area contributed by atoms with Crippen LogP contribution in [0, 0.1) is 0 Å². The Bertz CT molecular complexity index is 873. The lowest BCUT2D eigenvalue weighted by Crippen LogP contribution is -1.80. The van der Waals surface area contributed by atoms with Crippen LogP contribution in [0.25, 0.3) is 28.4 Å². The summed E-state index contributed by atoms with van der Waals surface area (Å²) in [6, 6.07) is 17.1. The third-order valence-corrected chi connectivity index (χ3v) is 3.81. The second-order valence-corrected chi connectivity index (χ2v) is 7.06. The van der Waals surface area contributed by atoms with Crippen LogP contribution in [0.4, 0.5) is 0 Å². The van der Waals surface area contributed by atoms with Gasteiger partial charge in [-0.25, -0.2) is 8.42 Å². The second kappa shape index (κ2) is 5.39. The molecule has 3 nitrogen and oxygen atoms in total. The molecule has 0 atom stereocenters. The van der Waals surface area contributed by atoms with E-state index >= 15 is 0 Å². The maximum absolute atomic E-state index is 10.9. The summed E-state index contributed by atoms with van der Waals surface area (Å²) in [5.74, 6) is 0.775. The van der Waals surface area contributed by atoms with Crippen molar-refractivity contribution in [3.8, 4) is 11.3 Å². The number of hydrogen-bond donors (Lipinski definition) is 0. The highest BCUT2D eigenvalue weighted by atomic mass is 35.7. The third kappa shape index (κ3) is 3.35. The van der Waals surface area contributed by atoms with Crippen LogP contribution in [0.3, 0.4) is 0 Å². The van der Waals surface area contributed by atoms with Crippen molar-refractivity contribution >= 4 is 36.8 Å². The largest absolute Gasteiger partial charge is 0.456 e. The fourth-order valence-corrected chi connectivity index (χ4v) is 2.52. The quantitative estimate of drug-likeness (QED) is 0.661. The van der Waals surface area contributed by atoms with Crippen LogP contribution in [0.1, 0.15) is 5.56 Å². The molecule has 106 valence electrons. The first kappa shape index (κ1) is 13.9. The van der Waals surface area contributed by atoms with Crippen LogP contribution in [-0.2, 0) is 9.05 Å². The van der Waals surface area contributed by atoms with E-state index in [1.165, 1.54) is 6.08 Å². The Balaban J connectivity index is 1.92. The van der Waals surface area contributed by atoms with Gasteiger partial charge in [0.25, 0.3) is 9.05 Å². The highest BCUT2D eigenvalue weighted by Gasteiger charge is 2.05. The molecule has 1 aromatic heterocycles. The summed E-state index contributed by atoms with van der Waals surface area (Å²) < 4.78 is 27.5. The Morgan fingerprint density at radius 1 is 1.00 bits per heavy atom. The van der Waals surface area contributed by atoms with E-state index in [2.05, 4.69) is 0 Å². The molecular weight excluding hydrogens is 308 g/mol. The van der Waals surface area contributed by atoms with E-state index in [1.807, 2.05) is 42.5 Å².